The Labute approximate surface area is 105 Å². The summed E-state index contributed by atoms with van der Waals surface area (Å²) in [5, 5.41) is 3.41. The van der Waals surface area contributed by atoms with Gasteiger partial charge in [-0.15, -0.1) is 0 Å². The van der Waals surface area contributed by atoms with E-state index < -0.39 is 0 Å². The van der Waals surface area contributed by atoms with Gasteiger partial charge in [0.1, 0.15) is 5.82 Å². The number of benzene rings is 1. The van der Waals surface area contributed by atoms with Crippen molar-refractivity contribution in [1.29, 1.82) is 0 Å². The lowest BCUT2D eigenvalue weighted by Crippen LogP contribution is -2.15. The van der Waals surface area contributed by atoms with Crippen molar-refractivity contribution >= 4 is 0 Å². The molecule has 1 saturated carbocycles. The Bertz CT molecular complexity index is 538. The summed E-state index contributed by atoms with van der Waals surface area (Å²) in [5.74, 6) is -0.259. The molecule has 0 atom stereocenters. The molecular weight excluding hydrogens is 229 g/mol. The van der Waals surface area contributed by atoms with Gasteiger partial charge in [0.2, 0.25) is 0 Å². The van der Waals surface area contributed by atoms with Crippen LogP contribution in [-0.2, 0) is 6.54 Å². The molecule has 18 heavy (non-hydrogen) atoms. The topological polar surface area (TPSA) is 37.8 Å². The Morgan fingerprint density at radius 1 is 1.28 bits per heavy atom. The molecule has 1 aromatic heterocycles. The molecule has 92 valence electrons. The van der Waals surface area contributed by atoms with E-state index in [0.29, 0.717) is 17.3 Å². The molecule has 3 nitrogen and oxygen atoms in total. The molecule has 1 aromatic carbocycles. The van der Waals surface area contributed by atoms with Crippen LogP contribution in [0.25, 0.3) is 11.3 Å². The molecule has 1 aliphatic carbocycles. The van der Waals surface area contributed by atoms with Crippen LogP contribution in [0.4, 0.5) is 4.39 Å². The number of halogens is 1. The van der Waals surface area contributed by atoms with Crippen LogP contribution in [-0.4, -0.2) is 16.0 Å². The third kappa shape index (κ3) is 2.54. The SMILES string of the molecule is Fc1ccc(CNC2CC2)cc1-c1cnccn1. The van der Waals surface area contributed by atoms with Gasteiger partial charge >= 0.3 is 0 Å². The van der Waals surface area contributed by atoms with Crippen molar-refractivity contribution in [2.75, 3.05) is 0 Å². The molecule has 0 saturated heterocycles. The number of rotatable bonds is 4. The number of nitrogens with one attached hydrogen (secondary N) is 1. The van der Waals surface area contributed by atoms with Crippen LogP contribution < -0.4 is 5.32 Å². The zero-order valence-corrected chi connectivity index (χ0v) is 9.94. The van der Waals surface area contributed by atoms with E-state index in [-0.39, 0.29) is 5.82 Å². The minimum absolute atomic E-state index is 0.259. The van der Waals surface area contributed by atoms with E-state index in [9.17, 15) is 4.39 Å². The summed E-state index contributed by atoms with van der Waals surface area (Å²) in [7, 11) is 0. The summed E-state index contributed by atoms with van der Waals surface area (Å²) in [5.41, 5.74) is 2.16. The highest BCUT2D eigenvalue weighted by Gasteiger charge is 2.20. The molecule has 0 radical (unpaired) electrons. The molecule has 2 aromatic rings. The molecule has 0 unspecified atom stereocenters. The normalized spacial score (nSPS) is 14.7. The maximum atomic E-state index is 13.8. The zero-order chi connectivity index (χ0) is 12.4. The first-order chi connectivity index (χ1) is 8.83. The molecule has 1 fully saturated rings. The monoisotopic (exact) mass is 243 g/mol. The molecule has 3 rings (SSSR count). The predicted octanol–water partition coefficient (Wildman–Crippen LogP) is 2.53. The average Bonchev–Trinajstić information content (AvgIpc) is 3.23. The molecule has 1 aliphatic rings. The first kappa shape index (κ1) is 11.3. The summed E-state index contributed by atoms with van der Waals surface area (Å²) in [6.45, 7) is 0.776. The zero-order valence-electron chi connectivity index (χ0n) is 9.94. The van der Waals surface area contributed by atoms with Crippen molar-refractivity contribution in [2.24, 2.45) is 0 Å². The minimum atomic E-state index is -0.259. The van der Waals surface area contributed by atoms with Gasteiger partial charge in [-0.2, -0.15) is 0 Å². The summed E-state index contributed by atoms with van der Waals surface area (Å²) < 4.78 is 13.8. The van der Waals surface area contributed by atoms with Gasteiger partial charge in [-0.1, -0.05) is 6.07 Å². The van der Waals surface area contributed by atoms with Gasteiger partial charge in [-0.3, -0.25) is 9.97 Å². The average molecular weight is 243 g/mol. The third-order valence-corrected chi connectivity index (χ3v) is 3.04. The minimum Gasteiger partial charge on any atom is -0.310 e. The lowest BCUT2D eigenvalue weighted by molar-refractivity contribution is 0.627. The van der Waals surface area contributed by atoms with Crippen LogP contribution in [0.5, 0.6) is 0 Å². The first-order valence-electron chi connectivity index (χ1n) is 6.11. The Balaban J connectivity index is 1.85. The van der Waals surface area contributed by atoms with E-state index in [1.54, 1.807) is 18.6 Å². The number of nitrogens with zero attached hydrogens (tertiary/aromatic N) is 2. The smallest absolute Gasteiger partial charge is 0.132 e. The largest absolute Gasteiger partial charge is 0.310 e. The van der Waals surface area contributed by atoms with E-state index in [1.807, 2.05) is 12.1 Å². The van der Waals surface area contributed by atoms with Crippen molar-refractivity contribution in [3.05, 3.63) is 48.2 Å². The second kappa shape index (κ2) is 4.82. The van der Waals surface area contributed by atoms with Crippen molar-refractivity contribution in [1.82, 2.24) is 15.3 Å². The lowest BCUT2D eigenvalue weighted by atomic mass is 10.1. The van der Waals surface area contributed by atoms with Crippen molar-refractivity contribution in [2.45, 2.75) is 25.4 Å². The van der Waals surface area contributed by atoms with Crippen molar-refractivity contribution in [3.8, 4) is 11.3 Å². The van der Waals surface area contributed by atoms with Crippen molar-refractivity contribution in [3.63, 3.8) is 0 Å². The van der Waals surface area contributed by atoms with E-state index in [2.05, 4.69) is 15.3 Å². The fourth-order valence-electron chi connectivity index (χ4n) is 1.87. The summed E-state index contributed by atoms with van der Waals surface area (Å²) >= 11 is 0. The van der Waals surface area contributed by atoms with E-state index in [4.69, 9.17) is 0 Å². The second-order valence-corrected chi connectivity index (χ2v) is 4.56. The molecule has 0 bridgehead atoms. The van der Waals surface area contributed by atoms with Crippen LogP contribution >= 0.6 is 0 Å². The third-order valence-electron chi connectivity index (χ3n) is 3.04. The molecule has 0 aliphatic heterocycles. The maximum Gasteiger partial charge on any atom is 0.132 e. The highest BCUT2D eigenvalue weighted by molar-refractivity contribution is 5.59. The van der Waals surface area contributed by atoms with Crippen LogP contribution in [0.2, 0.25) is 0 Å². The summed E-state index contributed by atoms with van der Waals surface area (Å²) in [6.07, 6.45) is 7.23. The Kier molecular flexibility index (Phi) is 3.02. The standard InChI is InChI=1S/C14H14FN3/c15-13-4-1-10(8-18-11-2-3-11)7-12(13)14-9-16-5-6-17-14/h1,4-7,9,11,18H,2-3,8H2. The lowest BCUT2D eigenvalue weighted by Gasteiger charge is -2.07. The highest BCUT2D eigenvalue weighted by Crippen LogP contribution is 2.23. The van der Waals surface area contributed by atoms with Crippen LogP contribution in [0.1, 0.15) is 18.4 Å². The maximum absolute atomic E-state index is 13.8. The Hall–Kier alpha value is -1.81. The highest BCUT2D eigenvalue weighted by atomic mass is 19.1. The van der Waals surface area contributed by atoms with E-state index >= 15 is 0 Å². The number of hydrogen-bond donors (Lipinski definition) is 1. The van der Waals surface area contributed by atoms with Gasteiger partial charge < -0.3 is 5.32 Å². The molecule has 4 heteroatoms. The quantitative estimate of drug-likeness (QED) is 0.896. The van der Waals surface area contributed by atoms with Gasteiger partial charge in [-0.05, 0) is 30.5 Å². The summed E-state index contributed by atoms with van der Waals surface area (Å²) in [4.78, 5) is 8.11. The van der Waals surface area contributed by atoms with E-state index in [0.717, 1.165) is 12.1 Å². The van der Waals surface area contributed by atoms with Gasteiger partial charge in [0, 0.05) is 30.5 Å². The van der Waals surface area contributed by atoms with Crippen LogP contribution in [0, 0.1) is 5.82 Å². The Morgan fingerprint density at radius 2 is 2.17 bits per heavy atom. The van der Waals surface area contributed by atoms with Gasteiger partial charge in [0.15, 0.2) is 0 Å². The van der Waals surface area contributed by atoms with Crippen LogP contribution in [0.15, 0.2) is 36.8 Å². The van der Waals surface area contributed by atoms with Crippen molar-refractivity contribution < 1.29 is 4.39 Å². The first-order valence-corrected chi connectivity index (χ1v) is 6.11. The van der Waals surface area contributed by atoms with Gasteiger partial charge in [0.05, 0.1) is 11.9 Å². The number of aromatic nitrogens is 2. The molecule has 0 spiro atoms. The Morgan fingerprint density at radius 3 is 2.89 bits per heavy atom. The predicted molar refractivity (Wildman–Crippen MR) is 67.3 cm³/mol. The molecule has 0 amide bonds. The number of hydrogen-bond acceptors (Lipinski definition) is 3. The summed E-state index contributed by atoms with van der Waals surface area (Å²) in [6, 6.07) is 5.79. The second-order valence-electron chi connectivity index (χ2n) is 4.56. The van der Waals surface area contributed by atoms with Gasteiger partial charge in [0.25, 0.3) is 0 Å². The van der Waals surface area contributed by atoms with Gasteiger partial charge in [-0.25, -0.2) is 4.39 Å². The molecule has 1 N–H and O–H groups in total. The van der Waals surface area contributed by atoms with E-state index in [1.165, 1.54) is 18.9 Å². The molecular formula is C14H14FN3. The fraction of sp³-hybridized carbons (Fsp3) is 0.286. The fourth-order valence-corrected chi connectivity index (χ4v) is 1.87. The van der Waals surface area contributed by atoms with Crippen LogP contribution in [0.3, 0.4) is 0 Å². The molecule has 1 heterocycles.